The molecule has 0 atom stereocenters. The van der Waals surface area contributed by atoms with E-state index in [2.05, 4.69) is 15.0 Å². The van der Waals surface area contributed by atoms with E-state index in [9.17, 15) is 0 Å². The van der Waals surface area contributed by atoms with Crippen molar-refractivity contribution in [1.82, 2.24) is 4.98 Å². The Balaban J connectivity index is 3.14. The van der Waals surface area contributed by atoms with Crippen LogP contribution in [0.4, 0.5) is 5.69 Å². The Morgan fingerprint density at radius 1 is 1.70 bits per heavy atom. The molecule has 0 radical (unpaired) electrons. The molecule has 0 bridgehead atoms. The van der Waals surface area contributed by atoms with Gasteiger partial charge in [0.05, 0.1) is 5.69 Å². The maximum Gasteiger partial charge on any atom is 0.0588 e. The molecule has 10 heavy (non-hydrogen) atoms. The standard InChI is InChI=1S/C6H6N4/c1-5-6(9-10-7)3-2-4-8-5/h2-4H,1H3. The molecular weight excluding hydrogens is 128 g/mol. The van der Waals surface area contributed by atoms with Crippen molar-refractivity contribution in [1.29, 1.82) is 0 Å². The Morgan fingerprint density at radius 3 is 3.10 bits per heavy atom. The molecule has 50 valence electrons. The smallest absolute Gasteiger partial charge is 0.0588 e. The molecule has 0 saturated carbocycles. The second-order valence-corrected chi connectivity index (χ2v) is 1.80. The Morgan fingerprint density at radius 2 is 2.50 bits per heavy atom. The van der Waals surface area contributed by atoms with Gasteiger partial charge in [-0.15, -0.1) is 0 Å². The molecule has 0 aromatic carbocycles. The minimum absolute atomic E-state index is 0.588. The molecule has 0 unspecified atom stereocenters. The third-order valence-corrected chi connectivity index (χ3v) is 1.13. The summed E-state index contributed by atoms with van der Waals surface area (Å²) in [5, 5.41) is 3.42. The van der Waals surface area contributed by atoms with Crippen molar-refractivity contribution in [3.8, 4) is 0 Å². The Labute approximate surface area is 58.1 Å². The predicted octanol–water partition coefficient (Wildman–Crippen LogP) is 2.33. The van der Waals surface area contributed by atoms with Crippen LogP contribution < -0.4 is 0 Å². The molecule has 4 nitrogen and oxygen atoms in total. The van der Waals surface area contributed by atoms with Crippen molar-refractivity contribution < 1.29 is 0 Å². The van der Waals surface area contributed by atoms with Gasteiger partial charge < -0.3 is 0 Å². The van der Waals surface area contributed by atoms with Gasteiger partial charge in [-0.1, -0.05) is 5.11 Å². The van der Waals surface area contributed by atoms with Crippen molar-refractivity contribution in [2.75, 3.05) is 0 Å². The number of azide groups is 1. The largest absolute Gasteiger partial charge is 0.261 e. The summed E-state index contributed by atoms with van der Waals surface area (Å²) < 4.78 is 0. The van der Waals surface area contributed by atoms with Gasteiger partial charge in [-0.2, -0.15) is 0 Å². The van der Waals surface area contributed by atoms with E-state index in [1.807, 2.05) is 0 Å². The van der Waals surface area contributed by atoms with Gasteiger partial charge in [0.2, 0.25) is 0 Å². The fraction of sp³-hybridized carbons (Fsp3) is 0.167. The summed E-state index contributed by atoms with van der Waals surface area (Å²) in [6.45, 7) is 1.80. The van der Waals surface area contributed by atoms with Gasteiger partial charge in [0.25, 0.3) is 0 Å². The average molecular weight is 134 g/mol. The summed E-state index contributed by atoms with van der Waals surface area (Å²) in [7, 11) is 0. The molecule has 0 aliphatic rings. The van der Waals surface area contributed by atoms with Crippen LogP contribution in [0.1, 0.15) is 5.69 Å². The molecule has 1 aromatic rings. The highest BCUT2D eigenvalue weighted by molar-refractivity contribution is 5.39. The van der Waals surface area contributed by atoms with Gasteiger partial charge in [0.15, 0.2) is 0 Å². The lowest BCUT2D eigenvalue weighted by molar-refractivity contribution is 1.18. The third kappa shape index (κ3) is 1.24. The summed E-state index contributed by atoms with van der Waals surface area (Å²) in [5.41, 5.74) is 9.41. The number of aromatic nitrogens is 1. The predicted molar refractivity (Wildman–Crippen MR) is 37.8 cm³/mol. The van der Waals surface area contributed by atoms with Crippen LogP contribution in [-0.2, 0) is 0 Å². The summed E-state index contributed by atoms with van der Waals surface area (Å²) in [5.74, 6) is 0. The van der Waals surface area contributed by atoms with Crippen LogP contribution in [0.5, 0.6) is 0 Å². The van der Waals surface area contributed by atoms with Crippen molar-refractivity contribution in [3.05, 3.63) is 34.5 Å². The Bertz CT molecular complexity index is 275. The number of nitrogens with zero attached hydrogens (tertiary/aromatic N) is 4. The maximum atomic E-state index is 8.07. The highest BCUT2D eigenvalue weighted by Crippen LogP contribution is 2.13. The van der Waals surface area contributed by atoms with E-state index in [0.29, 0.717) is 5.69 Å². The van der Waals surface area contributed by atoms with Gasteiger partial charge in [-0.05, 0) is 24.6 Å². The van der Waals surface area contributed by atoms with Crippen molar-refractivity contribution in [3.63, 3.8) is 0 Å². The van der Waals surface area contributed by atoms with Gasteiger partial charge in [0.1, 0.15) is 0 Å². The maximum absolute atomic E-state index is 8.07. The zero-order valence-corrected chi connectivity index (χ0v) is 5.52. The quantitative estimate of drug-likeness (QED) is 0.330. The van der Waals surface area contributed by atoms with Crippen LogP contribution in [0.25, 0.3) is 10.4 Å². The fourth-order valence-electron chi connectivity index (χ4n) is 0.630. The summed E-state index contributed by atoms with van der Waals surface area (Å²) in [6.07, 6.45) is 1.66. The Kier molecular flexibility index (Phi) is 1.87. The average Bonchev–Trinajstić information content (AvgIpc) is 1.94. The van der Waals surface area contributed by atoms with Crippen LogP contribution in [0.2, 0.25) is 0 Å². The summed E-state index contributed by atoms with van der Waals surface area (Å²) in [6, 6.07) is 3.46. The zero-order chi connectivity index (χ0) is 7.40. The Hall–Kier alpha value is -1.54. The van der Waals surface area contributed by atoms with Gasteiger partial charge >= 0.3 is 0 Å². The number of pyridine rings is 1. The first-order valence-corrected chi connectivity index (χ1v) is 2.81. The van der Waals surface area contributed by atoms with Crippen LogP contribution in [-0.4, -0.2) is 4.98 Å². The first-order valence-electron chi connectivity index (χ1n) is 2.81. The number of hydrogen-bond donors (Lipinski definition) is 0. The molecule has 0 amide bonds. The van der Waals surface area contributed by atoms with Crippen molar-refractivity contribution in [2.24, 2.45) is 5.11 Å². The van der Waals surface area contributed by atoms with Gasteiger partial charge in [0, 0.05) is 16.8 Å². The lowest BCUT2D eigenvalue weighted by Crippen LogP contribution is -1.76. The van der Waals surface area contributed by atoms with Crippen LogP contribution in [0.3, 0.4) is 0 Å². The number of aryl methyl sites for hydroxylation is 1. The number of hydrogen-bond acceptors (Lipinski definition) is 2. The minimum atomic E-state index is 0.588. The van der Waals surface area contributed by atoms with E-state index >= 15 is 0 Å². The lowest BCUT2D eigenvalue weighted by Gasteiger charge is -1.92. The molecule has 4 heteroatoms. The second-order valence-electron chi connectivity index (χ2n) is 1.80. The van der Waals surface area contributed by atoms with Crippen LogP contribution in [0, 0.1) is 6.92 Å². The van der Waals surface area contributed by atoms with E-state index < -0.39 is 0 Å². The molecule has 0 fully saturated rings. The number of rotatable bonds is 1. The van der Waals surface area contributed by atoms with Crippen LogP contribution in [0.15, 0.2) is 23.4 Å². The van der Waals surface area contributed by atoms with Gasteiger partial charge in [-0.25, -0.2) is 0 Å². The van der Waals surface area contributed by atoms with E-state index in [1.54, 1.807) is 25.3 Å². The molecular formula is C6H6N4. The topological polar surface area (TPSA) is 61.7 Å². The molecule has 1 heterocycles. The first-order chi connectivity index (χ1) is 4.84. The molecule has 0 aliphatic heterocycles. The summed E-state index contributed by atoms with van der Waals surface area (Å²) in [4.78, 5) is 6.58. The molecule has 0 saturated heterocycles. The van der Waals surface area contributed by atoms with E-state index in [1.165, 1.54) is 0 Å². The molecule has 0 aliphatic carbocycles. The fourth-order valence-corrected chi connectivity index (χ4v) is 0.630. The molecule has 0 N–H and O–H groups in total. The molecule has 1 aromatic heterocycles. The van der Waals surface area contributed by atoms with Crippen molar-refractivity contribution in [2.45, 2.75) is 6.92 Å². The molecule has 0 spiro atoms. The highest BCUT2D eigenvalue weighted by Gasteiger charge is 1.90. The zero-order valence-electron chi connectivity index (χ0n) is 5.52. The lowest BCUT2D eigenvalue weighted by atomic mass is 10.3. The normalized spacial score (nSPS) is 8.50. The van der Waals surface area contributed by atoms with Crippen molar-refractivity contribution >= 4 is 5.69 Å². The minimum Gasteiger partial charge on any atom is -0.261 e. The van der Waals surface area contributed by atoms with Crippen LogP contribution >= 0.6 is 0 Å². The first kappa shape index (κ1) is 6.58. The summed E-state index contributed by atoms with van der Waals surface area (Å²) >= 11 is 0. The third-order valence-electron chi connectivity index (χ3n) is 1.13. The van der Waals surface area contributed by atoms with Gasteiger partial charge in [-0.3, -0.25) is 4.98 Å². The monoisotopic (exact) mass is 134 g/mol. The second kappa shape index (κ2) is 2.85. The van der Waals surface area contributed by atoms with E-state index in [4.69, 9.17) is 5.53 Å². The van der Waals surface area contributed by atoms with E-state index in [-0.39, 0.29) is 0 Å². The highest BCUT2D eigenvalue weighted by atomic mass is 15.1. The SMILES string of the molecule is Cc1ncccc1N=[N+]=[N-]. The van der Waals surface area contributed by atoms with E-state index in [0.717, 1.165) is 5.69 Å². The molecule has 1 rings (SSSR count).